The number of nitrogens with one attached hydrogen (secondary N) is 1. The van der Waals surface area contributed by atoms with Gasteiger partial charge in [-0.25, -0.2) is 4.68 Å². The van der Waals surface area contributed by atoms with Gasteiger partial charge in [-0.15, -0.1) is 5.10 Å². The third kappa shape index (κ3) is 4.16. The fourth-order valence-electron chi connectivity index (χ4n) is 2.75. The number of hydrogen-bond acceptors (Lipinski definition) is 4. The first-order valence-electron chi connectivity index (χ1n) is 8.02. The van der Waals surface area contributed by atoms with Crippen LogP contribution in [0.1, 0.15) is 24.6 Å². The highest BCUT2D eigenvalue weighted by molar-refractivity contribution is 5.78. The Balaban J connectivity index is 1.72. The van der Waals surface area contributed by atoms with Gasteiger partial charge in [0.25, 0.3) is 0 Å². The van der Waals surface area contributed by atoms with E-state index in [1.54, 1.807) is 10.9 Å². The molecule has 1 N–H and O–H groups in total. The maximum Gasteiger partial charge on any atom is 0.223 e. The zero-order valence-corrected chi connectivity index (χ0v) is 13.3. The first kappa shape index (κ1) is 15.7. The van der Waals surface area contributed by atoms with Gasteiger partial charge in [-0.05, 0) is 24.8 Å². The van der Waals surface area contributed by atoms with Crippen molar-refractivity contribution < 1.29 is 9.53 Å². The molecule has 23 heavy (non-hydrogen) atoms. The van der Waals surface area contributed by atoms with Gasteiger partial charge in [-0.2, -0.15) is 0 Å². The molecule has 0 aliphatic carbocycles. The van der Waals surface area contributed by atoms with Gasteiger partial charge in [0.05, 0.1) is 24.5 Å². The van der Waals surface area contributed by atoms with Crippen LogP contribution < -0.4 is 5.32 Å². The molecular formula is C17H22N4O2. The van der Waals surface area contributed by atoms with Crippen molar-refractivity contribution in [1.29, 1.82) is 0 Å². The Kier molecular flexibility index (Phi) is 5.02. The van der Waals surface area contributed by atoms with Crippen LogP contribution in [-0.4, -0.2) is 33.5 Å². The molecule has 2 aromatic rings. The minimum absolute atomic E-state index is 0.0441. The zero-order valence-electron chi connectivity index (χ0n) is 13.3. The molecule has 1 aromatic heterocycles. The highest BCUT2D eigenvalue weighted by Gasteiger charge is 2.20. The predicted octanol–water partition coefficient (Wildman–Crippen LogP) is 1.56. The van der Waals surface area contributed by atoms with Crippen molar-refractivity contribution in [2.24, 2.45) is 5.92 Å². The summed E-state index contributed by atoms with van der Waals surface area (Å²) in [4.78, 5) is 12.4. The first-order valence-corrected chi connectivity index (χ1v) is 8.02. The fraction of sp³-hybridized carbons (Fsp3) is 0.471. The molecule has 0 fully saturated rings. The number of rotatable bonds is 2. The number of aromatic nitrogens is 3. The Morgan fingerprint density at radius 2 is 2.17 bits per heavy atom. The second-order valence-corrected chi connectivity index (χ2v) is 6.06. The Hall–Kier alpha value is -2.21. The summed E-state index contributed by atoms with van der Waals surface area (Å²) < 4.78 is 7.53. The summed E-state index contributed by atoms with van der Waals surface area (Å²) >= 11 is 0. The molecule has 1 aliphatic rings. The van der Waals surface area contributed by atoms with Crippen LogP contribution in [0.3, 0.4) is 0 Å². The van der Waals surface area contributed by atoms with E-state index in [4.69, 9.17) is 4.74 Å². The second-order valence-electron chi connectivity index (χ2n) is 6.06. The number of aryl methyl sites for hydroxylation is 1. The van der Waals surface area contributed by atoms with E-state index in [1.807, 2.05) is 25.1 Å². The van der Waals surface area contributed by atoms with Crippen LogP contribution in [0.2, 0.25) is 0 Å². The van der Waals surface area contributed by atoms with Crippen molar-refractivity contribution >= 4 is 5.91 Å². The summed E-state index contributed by atoms with van der Waals surface area (Å²) in [6, 6.07) is 10.1. The molecule has 1 aliphatic heterocycles. The van der Waals surface area contributed by atoms with Gasteiger partial charge >= 0.3 is 0 Å². The quantitative estimate of drug-likeness (QED) is 0.913. The summed E-state index contributed by atoms with van der Waals surface area (Å²) in [6.07, 6.45) is 4.04. The van der Waals surface area contributed by atoms with Crippen molar-refractivity contribution in [3.05, 3.63) is 47.8 Å². The highest BCUT2D eigenvalue weighted by Crippen LogP contribution is 2.12. The number of benzene rings is 1. The largest absolute Gasteiger partial charge is 0.357 e. The van der Waals surface area contributed by atoms with Gasteiger partial charge in [0.2, 0.25) is 5.91 Å². The molecule has 0 saturated heterocycles. The molecule has 0 spiro atoms. The smallest absolute Gasteiger partial charge is 0.223 e. The van der Waals surface area contributed by atoms with E-state index >= 15 is 0 Å². The molecule has 0 saturated carbocycles. The summed E-state index contributed by atoms with van der Waals surface area (Å²) in [5.41, 5.74) is 2.19. The Morgan fingerprint density at radius 1 is 1.35 bits per heavy atom. The normalized spacial score (nSPS) is 22.7. The van der Waals surface area contributed by atoms with Crippen molar-refractivity contribution in [1.82, 2.24) is 20.3 Å². The van der Waals surface area contributed by atoms with Gasteiger partial charge in [0, 0.05) is 5.92 Å². The lowest BCUT2D eigenvalue weighted by atomic mass is 10.0. The van der Waals surface area contributed by atoms with E-state index in [1.165, 1.54) is 5.56 Å². The molecule has 1 amide bonds. The lowest BCUT2D eigenvalue weighted by molar-refractivity contribution is -0.125. The molecule has 1 aromatic carbocycles. The van der Waals surface area contributed by atoms with E-state index in [9.17, 15) is 4.79 Å². The Bertz CT molecular complexity index is 641. The van der Waals surface area contributed by atoms with E-state index in [-0.39, 0.29) is 17.9 Å². The van der Waals surface area contributed by atoms with Crippen LogP contribution in [0.15, 0.2) is 36.5 Å². The van der Waals surface area contributed by atoms with Crippen LogP contribution in [0.4, 0.5) is 0 Å². The average Bonchev–Trinajstić information content (AvgIpc) is 2.99. The van der Waals surface area contributed by atoms with E-state index < -0.39 is 0 Å². The van der Waals surface area contributed by atoms with Crippen LogP contribution in [0, 0.1) is 5.92 Å². The molecule has 0 unspecified atom stereocenters. The molecular weight excluding hydrogens is 292 g/mol. The topological polar surface area (TPSA) is 69.0 Å². The monoisotopic (exact) mass is 314 g/mol. The number of hydrogen-bond donors (Lipinski definition) is 1. The molecule has 3 rings (SSSR count). The van der Waals surface area contributed by atoms with E-state index in [0.717, 1.165) is 25.0 Å². The molecule has 122 valence electrons. The van der Waals surface area contributed by atoms with Gasteiger partial charge in [0.1, 0.15) is 6.73 Å². The number of fused-ring (bicyclic) bond motifs is 1. The van der Waals surface area contributed by atoms with Crippen LogP contribution in [0.5, 0.6) is 0 Å². The van der Waals surface area contributed by atoms with Gasteiger partial charge < -0.3 is 10.1 Å². The maximum absolute atomic E-state index is 12.4. The predicted molar refractivity (Wildman–Crippen MR) is 85.5 cm³/mol. The minimum Gasteiger partial charge on any atom is -0.357 e. The van der Waals surface area contributed by atoms with Gasteiger partial charge in [-0.1, -0.05) is 42.5 Å². The van der Waals surface area contributed by atoms with Crippen molar-refractivity contribution in [3.8, 4) is 0 Å². The molecule has 0 bridgehead atoms. The zero-order chi connectivity index (χ0) is 16.1. The third-order valence-corrected chi connectivity index (χ3v) is 4.18. The lowest BCUT2D eigenvalue weighted by Crippen LogP contribution is -2.42. The van der Waals surface area contributed by atoms with Crippen LogP contribution in [-0.2, 0) is 29.1 Å². The number of carbonyl (C=O) groups is 1. The summed E-state index contributed by atoms with van der Waals surface area (Å²) in [5.74, 6) is 0.0326. The van der Waals surface area contributed by atoms with Crippen LogP contribution in [0.25, 0.3) is 0 Å². The number of ether oxygens (including phenoxy) is 1. The highest BCUT2D eigenvalue weighted by atomic mass is 16.5. The van der Waals surface area contributed by atoms with Gasteiger partial charge in [0.15, 0.2) is 0 Å². The number of carbonyl (C=O) groups excluding carboxylic acids is 1. The number of nitrogens with zero attached hydrogens (tertiary/aromatic N) is 3. The minimum atomic E-state index is -0.0466. The van der Waals surface area contributed by atoms with Crippen molar-refractivity contribution in [2.75, 3.05) is 6.61 Å². The summed E-state index contributed by atoms with van der Waals surface area (Å²) in [6.45, 7) is 2.78. The second kappa shape index (κ2) is 7.37. The Labute approximate surface area is 135 Å². The molecule has 6 heteroatoms. The van der Waals surface area contributed by atoms with Crippen LogP contribution >= 0.6 is 0 Å². The molecule has 0 radical (unpaired) electrons. The Morgan fingerprint density at radius 3 is 3.00 bits per heavy atom. The summed E-state index contributed by atoms with van der Waals surface area (Å²) in [7, 11) is 0. The van der Waals surface area contributed by atoms with E-state index in [0.29, 0.717) is 13.3 Å². The average molecular weight is 314 g/mol. The first-order chi connectivity index (χ1) is 11.2. The lowest BCUT2D eigenvalue weighted by Gasteiger charge is -2.20. The van der Waals surface area contributed by atoms with E-state index in [2.05, 4.69) is 27.8 Å². The molecule has 2 heterocycles. The number of amides is 1. The molecule has 6 nitrogen and oxygen atoms in total. The third-order valence-electron chi connectivity index (χ3n) is 4.18. The summed E-state index contributed by atoms with van der Waals surface area (Å²) in [5, 5.41) is 11.1. The SMILES string of the molecule is C[C@@H]1CCc2cnnn2COC[C@H](Cc2ccccc2)NC1=O. The van der Waals surface area contributed by atoms with Crippen molar-refractivity contribution in [2.45, 2.75) is 39.0 Å². The maximum atomic E-state index is 12.4. The molecule has 2 atom stereocenters. The van der Waals surface area contributed by atoms with Gasteiger partial charge in [-0.3, -0.25) is 4.79 Å². The standard InChI is InChI=1S/C17H22N4O2/c1-13-7-8-16-10-18-20-21(16)12-23-11-15(19-17(13)22)9-14-5-3-2-4-6-14/h2-6,10,13,15H,7-9,11-12H2,1H3,(H,19,22)/t13-,15+/m1/s1. The van der Waals surface area contributed by atoms with Crippen molar-refractivity contribution in [3.63, 3.8) is 0 Å². The fourth-order valence-corrected chi connectivity index (χ4v) is 2.75.